The maximum Gasteiger partial charge on any atom is 0.222 e. The van der Waals surface area contributed by atoms with Gasteiger partial charge in [0, 0.05) is 18.8 Å². The molecule has 0 unspecified atom stereocenters. The molecule has 0 atom stereocenters. The molecule has 1 N–H and O–H groups in total. The molecule has 0 aliphatic heterocycles. The lowest BCUT2D eigenvalue weighted by atomic mass is 10.1. The van der Waals surface area contributed by atoms with Crippen LogP contribution in [-0.2, 0) is 0 Å². The van der Waals surface area contributed by atoms with E-state index in [1.165, 1.54) is 12.1 Å². The average Bonchev–Trinajstić information content (AvgIpc) is 2.28. The summed E-state index contributed by atoms with van der Waals surface area (Å²) in [6.07, 6.45) is 1.65. The van der Waals surface area contributed by atoms with E-state index in [-0.39, 0.29) is 5.82 Å². The number of hydrogen-bond acceptors (Lipinski definition) is 3. The summed E-state index contributed by atoms with van der Waals surface area (Å²) < 4.78 is 13.2. The number of aryl methyl sites for hydroxylation is 1. The number of hydrogen-bond donors (Lipinski definition) is 1. The van der Waals surface area contributed by atoms with Crippen molar-refractivity contribution in [3.05, 3.63) is 41.8 Å². The predicted octanol–water partition coefficient (Wildman–Crippen LogP) is 2.63. The number of aromatic nitrogens is 2. The average molecular weight is 217 g/mol. The Morgan fingerprint density at radius 1 is 1.25 bits per heavy atom. The first-order valence-electron chi connectivity index (χ1n) is 4.97. The summed E-state index contributed by atoms with van der Waals surface area (Å²) in [4.78, 5) is 8.27. The fraction of sp³-hybridized carbons (Fsp3) is 0.167. The third-order valence-electron chi connectivity index (χ3n) is 2.22. The van der Waals surface area contributed by atoms with Gasteiger partial charge in [-0.1, -0.05) is 0 Å². The van der Waals surface area contributed by atoms with E-state index in [4.69, 9.17) is 0 Å². The molecule has 0 saturated heterocycles. The summed E-state index contributed by atoms with van der Waals surface area (Å²) in [6.45, 7) is 1.85. The second kappa shape index (κ2) is 4.26. The third kappa shape index (κ3) is 2.16. The van der Waals surface area contributed by atoms with Crippen LogP contribution in [-0.4, -0.2) is 17.0 Å². The van der Waals surface area contributed by atoms with Gasteiger partial charge in [-0.25, -0.2) is 14.4 Å². The molecule has 16 heavy (non-hydrogen) atoms. The van der Waals surface area contributed by atoms with Gasteiger partial charge in [0.25, 0.3) is 0 Å². The van der Waals surface area contributed by atoms with Crippen LogP contribution in [0.15, 0.2) is 30.5 Å². The van der Waals surface area contributed by atoms with Crippen LogP contribution in [0.5, 0.6) is 0 Å². The van der Waals surface area contributed by atoms with Gasteiger partial charge in [0.2, 0.25) is 5.95 Å². The minimum Gasteiger partial charge on any atom is -0.357 e. The Morgan fingerprint density at radius 3 is 2.75 bits per heavy atom. The molecule has 1 aromatic heterocycles. The molecule has 0 bridgehead atoms. The summed E-state index contributed by atoms with van der Waals surface area (Å²) in [7, 11) is 1.75. The molecule has 1 heterocycles. The van der Waals surface area contributed by atoms with Crippen LogP contribution in [0.25, 0.3) is 11.3 Å². The van der Waals surface area contributed by atoms with Gasteiger partial charge in [-0.15, -0.1) is 0 Å². The molecular formula is C12H12FN3. The van der Waals surface area contributed by atoms with Crippen molar-refractivity contribution in [2.24, 2.45) is 0 Å². The van der Waals surface area contributed by atoms with Crippen molar-refractivity contribution < 1.29 is 4.39 Å². The largest absolute Gasteiger partial charge is 0.357 e. The highest BCUT2D eigenvalue weighted by Gasteiger charge is 2.03. The second-order valence-electron chi connectivity index (χ2n) is 3.53. The summed E-state index contributed by atoms with van der Waals surface area (Å²) >= 11 is 0. The topological polar surface area (TPSA) is 37.8 Å². The monoisotopic (exact) mass is 217 g/mol. The molecule has 0 aliphatic rings. The zero-order valence-corrected chi connectivity index (χ0v) is 9.16. The third-order valence-corrected chi connectivity index (χ3v) is 2.22. The highest BCUT2D eigenvalue weighted by molar-refractivity contribution is 5.60. The van der Waals surface area contributed by atoms with Gasteiger partial charge in [0.15, 0.2) is 0 Å². The lowest BCUT2D eigenvalue weighted by Crippen LogP contribution is -1.97. The molecule has 0 amide bonds. The van der Waals surface area contributed by atoms with E-state index in [9.17, 15) is 4.39 Å². The van der Waals surface area contributed by atoms with E-state index in [2.05, 4.69) is 15.3 Å². The molecule has 2 aromatic rings. The van der Waals surface area contributed by atoms with E-state index in [0.717, 1.165) is 11.1 Å². The number of halogens is 1. The van der Waals surface area contributed by atoms with E-state index in [1.54, 1.807) is 19.3 Å². The molecule has 0 saturated carbocycles. The molecule has 3 nitrogen and oxygen atoms in total. The summed E-state index contributed by atoms with van der Waals surface area (Å²) in [5.74, 6) is 0.277. The molecule has 0 fully saturated rings. The van der Waals surface area contributed by atoms with Crippen LogP contribution in [0, 0.1) is 12.7 Å². The van der Waals surface area contributed by atoms with Crippen LogP contribution in [0.1, 0.15) is 5.56 Å². The Kier molecular flexibility index (Phi) is 2.81. The summed E-state index contributed by atoms with van der Waals surface area (Å²) in [5.41, 5.74) is 2.35. The summed E-state index contributed by atoms with van der Waals surface area (Å²) in [6, 6.07) is 6.61. The van der Waals surface area contributed by atoms with Crippen LogP contribution in [0.4, 0.5) is 10.3 Å². The van der Waals surface area contributed by atoms with Crippen LogP contribution >= 0.6 is 0 Å². The van der Waals surface area contributed by atoms with Crippen molar-refractivity contribution >= 4 is 5.95 Å². The van der Waals surface area contributed by atoms with Gasteiger partial charge in [0.1, 0.15) is 5.82 Å². The highest BCUT2D eigenvalue weighted by Crippen LogP contribution is 2.20. The van der Waals surface area contributed by atoms with Crippen molar-refractivity contribution in [1.82, 2.24) is 9.97 Å². The smallest absolute Gasteiger partial charge is 0.222 e. The van der Waals surface area contributed by atoms with E-state index in [1.807, 2.05) is 13.0 Å². The minimum atomic E-state index is -0.250. The van der Waals surface area contributed by atoms with Crippen LogP contribution < -0.4 is 5.32 Å². The van der Waals surface area contributed by atoms with Gasteiger partial charge in [-0.05, 0) is 36.8 Å². The molecule has 0 spiro atoms. The molecule has 82 valence electrons. The number of nitrogens with one attached hydrogen (secondary N) is 1. The van der Waals surface area contributed by atoms with Crippen molar-refractivity contribution in [3.63, 3.8) is 0 Å². The van der Waals surface area contributed by atoms with Gasteiger partial charge in [-0.2, -0.15) is 0 Å². The lowest BCUT2D eigenvalue weighted by Gasteiger charge is -2.04. The van der Waals surface area contributed by atoms with Gasteiger partial charge >= 0.3 is 0 Å². The number of nitrogens with zero attached hydrogens (tertiary/aromatic N) is 2. The predicted molar refractivity (Wildman–Crippen MR) is 61.7 cm³/mol. The zero-order chi connectivity index (χ0) is 11.5. The Labute approximate surface area is 93.4 Å². The number of rotatable bonds is 2. The van der Waals surface area contributed by atoms with E-state index in [0.29, 0.717) is 11.6 Å². The Bertz CT molecular complexity index is 491. The maximum absolute atomic E-state index is 13.2. The first-order valence-corrected chi connectivity index (χ1v) is 4.97. The van der Waals surface area contributed by atoms with Gasteiger partial charge < -0.3 is 5.32 Å². The Balaban J connectivity index is 2.49. The molecule has 1 aromatic carbocycles. The fourth-order valence-electron chi connectivity index (χ4n) is 1.52. The van der Waals surface area contributed by atoms with Crippen molar-refractivity contribution in [2.45, 2.75) is 6.92 Å². The van der Waals surface area contributed by atoms with E-state index >= 15 is 0 Å². The Morgan fingerprint density at radius 2 is 2.06 bits per heavy atom. The molecular weight excluding hydrogens is 205 g/mol. The Hall–Kier alpha value is -1.97. The molecule has 4 heteroatoms. The molecule has 0 radical (unpaired) electrons. The minimum absolute atomic E-state index is 0.250. The van der Waals surface area contributed by atoms with Gasteiger partial charge in [-0.3, -0.25) is 0 Å². The number of anilines is 1. The van der Waals surface area contributed by atoms with Crippen LogP contribution in [0.3, 0.4) is 0 Å². The standard InChI is InChI=1S/C12H12FN3/c1-8-5-9(7-10(13)6-8)11-3-4-15-12(14-2)16-11/h3-7H,1-2H3,(H,14,15,16). The van der Waals surface area contributed by atoms with Crippen molar-refractivity contribution in [2.75, 3.05) is 12.4 Å². The zero-order valence-electron chi connectivity index (χ0n) is 9.16. The summed E-state index contributed by atoms with van der Waals surface area (Å²) in [5, 5.41) is 2.85. The fourth-order valence-corrected chi connectivity index (χ4v) is 1.52. The first-order chi connectivity index (χ1) is 7.69. The SMILES string of the molecule is CNc1nccc(-c2cc(C)cc(F)c2)n1. The molecule has 2 rings (SSSR count). The van der Waals surface area contributed by atoms with Gasteiger partial charge in [0.05, 0.1) is 5.69 Å². The van der Waals surface area contributed by atoms with Crippen LogP contribution in [0.2, 0.25) is 0 Å². The normalized spacial score (nSPS) is 10.2. The highest BCUT2D eigenvalue weighted by atomic mass is 19.1. The van der Waals surface area contributed by atoms with E-state index < -0.39 is 0 Å². The van der Waals surface area contributed by atoms with Crippen molar-refractivity contribution in [1.29, 1.82) is 0 Å². The first kappa shape index (κ1) is 10.5. The second-order valence-corrected chi connectivity index (χ2v) is 3.53. The lowest BCUT2D eigenvalue weighted by molar-refractivity contribution is 0.627. The maximum atomic E-state index is 13.2. The molecule has 0 aliphatic carbocycles. The quantitative estimate of drug-likeness (QED) is 0.840. The number of benzene rings is 1. The van der Waals surface area contributed by atoms with Crippen molar-refractivity contribution in [3.8, 4) is 11.3 Å².